The van der Waals surface area contributed by atoms with Crippen LogP contribution in [0, 0.1) is 0 Å². The Labute approximate surface area is 130 Å². The molecule has 0 aliphatic rings. The first kappa shape index (κ1) is 14.5. The van der Waals surface area contributed by atoms with Crippen molar-refractivity contribution >= 4 is 10.9 Å². The number of nitrogens with zero attached hydrogens (tertiary/aromatic N) is 1. The Kier molecular flexibility index (Phi) is 3.59. The molecule has 0 bridgehead atoms. The van der Waals surface area contributed by atoms with E-state index in [1.807, 2.05) is 54.6 Å². The van der Waals surface area contributed by atoms with Crippen LogP contribution in [0.4, 0.5) is 0 Å². The first-order valence-electron chi connectivity index (χ1n) is 7.26. The predicted octanol–water partition coefficient (Wildman–Crippen LogP) is 4.14. The standard InChI is InChI=1S/C19H19NO2/c1-19(2,21)16-12-18(13-7-5-4-6-8-13)20-17-10-9-14(22-3)11-15(16)17/h4-12,21H,1-3H3. The third kappa shape index (κ3) is 2.68. The van der Waals surface area contributed by atoms with Crippen molar-refractivity contribution in [1.29, 1.82) is 0 Å². The van der Waals surface area contributed by atoms with E-state index in [9.17, 15) is 5.11 Å². The van der Waals surface area contributed by atoms with Gasteiger partial charge in [-0.1, -0.05) is 30.3 Å². The van der Waals surface area contributed by atoms with Gasteiger partial charge in [0.05, 0.1) is 23.9 Å². The first-order chi connectivity index (χ1) is 10.5. The Morgan fingerprint density at radius 3 is 2.36 bits per heavy atom. The molecule has 0 radical (unpaired) electrons. The Bertz CT molecular complexity index is 805. The summed E-state index contributed by atoms with van der Waals surface area (Å²) in [5.74, 6) is 0.757. The predicted molar refractivity (Wildman–Crippen MR) is 89.0 cm³/mol. The van der Waals surface area contributed by atoms with Crippen LogP contribution >= 0.6 is 0 Å². The van der Waals surface area contributed by atoms with E-state index in [0.717, 1.165) is 33.5 Å². The molecule has 0 saturated carbocycles. The summed E-state index contributed by atoms with van der Waals surface area (Å²) < 4.78 is 5.30. The summed E-state index contributed by atoms with van der Waals surface area (Å²) in [6.45, 7) is 3.58. The van der Waals surface area contributed by atoms with Gasteiger partial charge in [0.15, 0.2) is 0 Å². The molecule has 3 aromatic rings. The van der Waals surface area contributed by atoms with Gasteiger partial charge in [-0.2, -0.15) is 0 Å². The summed E-state index contributed by atoms with van der Waals surface area (Å²) >= 11 is 0. The molecule has 0 aliphatic heterocycles. The smallest absolute Gasteiger partial charge is 0.119 e. The molecule has 1 heterocycles. The summed E-state index contributed by atoms with van der Waals surface area (Å²) in [7, 11) is 1.64. The number of benzene rings is 2. The molecule has 0 aliphatic carbocycles. The molecular formula is C19H19NO2. The second kappa shape index (κ2) is 5.43. The SMILES string of the molecule is COc1ccc2nc(-c3ccccc3)cc(C(C)(C)O)c2c1. The average Bonchev–Trinajstić information content (AvgIpc) is 2.53. The number of rotatable bonds is 3. The van der Waals surface area contributed by atoms with E-state index in [0.29, 0.717) is 0 Å². The van der Waals surface area contributed by atoms with Gasteiger partial charge in [0.2, 0.25) is 0 Å². The number of methoxy groups -OCH3 is 1. The lowest BCUT2D eigenvalue weighted by Gasteiger charge is -2.21. The Morgan fingerprint density at radius 1 is 1.00 bits per heavy atom. The second-order valence-electron chi connectivity index (χ2n) is 5.86. The van der Waals surface area contributed by atoms with E-state index < -0.39 is 5.60 Å². The van der Waals surface area contributed by atoms with Crippen molar-refractivity contribution in [1.82, 2.24) is 4.98 Å². The van der Waals surface area contributed by atoms with Gasteiger partial charge in [0, 0.05) is 10.9 Å². The monoisotopic (exact) mass is 293 g/mol. The molecule has 112 valence electrons. The number of fused-ring (bicyclic) bond motifs is 1. The van der Waals surface area contributed by atoms with Crippen molar-refractivity contribution < 1.29 is 9.84 Å². The van der Waals surface area contributed by atoms with Crippen molar-refractivity contribution in [3.8, 4) is 17.0 Å². The van der Waals surface area contributed by atoms with Crippen LogP contribution < -0.4 is 4.74 Å². The maximum Gasteiger partial charge on any atom is 0.119 e. The van der Waals surface area contributed by atoms with Gasteiger partial charge in [0.25, 0.3) is 0 Å². The third-order valence-corrected chi connectivity index (χ3v) is 3.74. The molecule has 22 heavy (non-hydrogen) atoms. The molecule has 0 saturated heterocycles. The van der Waals surface area contributed by atoms with Gasteiger partial charge in [-0.25, -0.2) is 4.98 Å². The zero-order chi connectivity index (χ0) is 15.7. The van der Waals surface area contributed by atoms with Gasteiger partial charge < -0.3 is 9.84 Å². The molecule has 0 amide bonds. The molecule has 0 spiro atoms. The fraction of sp³-hybridized carbons (Fsp3) is 0.211. The molecule has 0 atom stereocenters. The van der Waals surface area contributed by atoms with Crippen molar-refractivity contribution in [3.05, 3.63) is 60.2 Å². The highest BCUT2D eigenvalue weighted by atomic mass is 16.5. The quantitative estimate of drug-likeness (QED) is 0.789. The minimum atomic E-state index is -0.961. The minimum absolute atomic E-state index is 0.757. The van der Waals surface area contributed by atoms with E-state index in [1.165, 1.54) is 0 Å². The fourth-order valence-electron chi connectivity index (χ4n) is 2.59. The molecule has 0 unspecified atom stereocenters. The summed E-state index contributed by atoms with van der Waals surface area (Å²) in [5, 5.41) is 11.5. The lowest BCUT2D eigenvalue weighted by molar-refractivity contribution is 0.0802. The summed E-state index contributed by atoms with van der Waals surface area (Å²) in [6.07, 6.45) is 0. The van der Waals surface area contributed by atoms with Gasteiger partial charge >= 0.3 is 0 Å². The minimum Gasteiger partial charge on any atom is -0.497 e. The lowest BCUT2D eigenvalue weighted by atomic mass is 9.92. The summed E-state index contributed by atoms with van der Waals surface area (Å²) in [5.41, 5.74) is 2.62. The summed E-state index contributed by atoms with van der Waals surface area (Å²) in [4.78, 5) is 4.73. The molecule has 1 aromatic heterocycles. The first-order valence-corrected chi connectivity index (χ1v) is 7.26. The highest BCUT2D eigenvalue weighted by Crippen LogP contribution is 2.33. The number of ether oxygens (including phenoxy) is 1. The maximum absolute atomic E-state index is 10.6. The Morgan fingerprint density at radius 2 is 1.73 bits per heavy atom. The van der Waals surface area contributed by atoms with Gasteiger partial charge in [-0.3, -0.25) is 0 Å². The molecule has 3 rings (SSSR count). The topological polar surface area (TPSA) is 42.4 Å². The van der Waals surface area contributed by atoms with Crippen LogP contribution in [-0.2, 0) is 5.60 Å². The highest BCUT2D eigenvalue weighted by molar-refractivity contribution is 5.87. The van der Waals surface area contributed by atoms with Crippen LogP contribution in [0.1, 0.15) is 19.4 Å². The fourth-order valence-corrected chi connectivity index (χ4v) is 2.59. The molecular weight excluding hydrogens is 274 g/mol. The summed E-state index contributed by atoms with van der Waals surface area (Å²) in [6, 6.07) is 17.7. The molecule has 3 heteroatoms. The van der Waals surface area contributed by atoms with Crippen LogP contribution in [-0.4, -0.2) is 17.2 Å². The van der Waals surface area contributed by atoms with E-state index in [-0.39, 0.29) is 0 Å². The van der Waals surface area contributed by atoms with Gasteiger partial charge in [0.1, 0.15) is 5.75 Å². The number of pyridine rings is 1. The highest BCUT2D eigenvalue weighted by Gasteiger charge is 2.21. The lowest BCUT2D eigenvalue weighted by Crippen LogP contribution is -2.16. The van der Waals surface area contributed by atoms with Crippen LogP contribution in [0.3, 0.4) is 0 Å². The Balaban J connectivity index is 2.30. The maximum atomic E-state index is 10.6. The van der Waals surface area contributed by atoms with Crippen LogP contribution in [0.2, 0.25) is 0 Å². The van der Waals surface area contributed by atoms with E-state index in [4.69, 9.17) is 9.72 Å². The van der Waals surface area contributed by atoms with E-state index in [2.05, 4.69) is 0 Å². The molecule has 2 aromatic carbocycles. The van der Waals surface area contributed by atoms with E-state index >= 15 is 0 Å². The molecule has 1 N–H and O–H groups in total. The van der Waals surface area contributed by atoms with Crippen molar-refractivity contribution in [3.63, 3.8) is 0 Å². The van der Waals surface area contributed by atoms with Crippen molar-refractivity contribution in [2.45, 2.75) is 19.4 Å². The van der Waals surface area contributed by atoms with Gasteiger partial charge in [-0.15, -0.1) is 0 Å². The Hall–Kier alpha value is -2.39. The molecule has 0 fully saturated rings. The largest absolute Gasteiger partial charge is 0.497 e. The zero-order valence-corrected chi connectivity index (χ0v) is 13.0. The third-order valence-electron chi connectivity index (χ3n) is 3.74. The van der Waals surface area contributed by atoms with Crippen molar-refractivity contribution in [2.75, 3.05) is 7.11 Å². The second-order valence-corrected chi connectivity index (χ2v) is 5.86. The average molecular weight is 293 g/mol. The number of hydrogen-bond donors (Lipinski definition) is 1. The zero-order valence-electron chi connectivity index (χ0n) is 13.0. The molecule has 3 nitrogen and oxygen atoms in total. The number of aliphatic hydroxyl groups is 1. The van der Waals surface area contributed by atoms with Crippen LogP contribution in [0.15, 0.2) is 54.6 Å². The normalized spacial score (nSPS) is 11.6. The number of hydrogen-bond acceptors (Lipinski definition) is 3. The van der Waals surface area contributed by atoms with Gasteiger partial charge in [-0.05, 0) is 43.7 Å². The van der Waals surface area contributed by atoms with Crippen molar-refractivity contribution in [2.24, 2.45) is 0 Å². The van der Waals surface area contributed by atoms with E-state index in [1.54, 1.807) is 21.0 Å². The van der Waals surface area contributed by atoms with Crippen LogP contribution in [0.25, 0.3) is 22.2 Å². The van der Waals surface area contributed by atoms with Crippen LogP contribution in [0.5, 0.6) is 5.75 Å². The number of aromatic nitrogens is 1.